The monoisotopic (exact) mass is 404 g/mol. The Morgan fingerprint density at radius 2 is 1.80 bits per heavy atom. The topological polar surface area (TPSA) is 9.23 Å². The summed E-state index contributed by atoms with van der Waals surface area (Å²) in [7, 11) is 0. The number of halogens is 4. The molecule has 5 heteroatoms. The van der Waals surface area contributed by atoms with Crippen LogP contribution in [0.1, 0.15) is 16.0 Å². The van der Waals surface area contributed by atoms with Gasteiger partial charge in [0.15, 0.2) is 0 Å². The van der Waals surface area contributed by atoms with E-state index >= 15 is 0 Å². The van der Waals surface area contributed by atoms with E-state index in [1.54, 1.807) is 18.2 Å². The van der Waals surface area contributed by atoms with Crippen molar-refractivity contribution in [3.05, 3.63) is 64.1 Å². The summed E-state index contributed by atoms with van der Waals surface area (Å²) >= 11 is 6.96. The lowest BCUT2D eigenvalue weighted by molar-refractivity contribution is -0.0504. The van der Waals surface area contributed by atoms with Crippen molar-refractivity contribution < 1.29 is 13.5 Å². The number of alkyl halides is 3. The Labute approximate surface area is 133 Å². The second-order valence-corrected chi connectivity index (χ2v) is 6.24. The number of hydrogen-bond donors (Lipinski definition) is 0. The smallest absolute Gasteiger partial charge is 0.387 e. The third kappa shape index (κ3) is 4.28. The summed E-state index contributed by atoms with van der Waals surface area (Å²) in [4.78, 5) is -0.0910. The zero-order valence-corrected chi connectivity index (χ0v) is 13.6. The maximum absolute atomic E-state index is 12.4. The predicted molar refractivity (Wildman–Crippen MR) is 82.6 cm³/mol. The summed E-state index contributed by atoms with van der Waals surface area (Å²) in [6.07, 6.45) is 0.684. The van der Waals surface area contributed by atoms with Crippen molar-refractivity contribution in [2.45, 2.75) is 17.9 Å². The minimum absolute atomic E-state index is 0.0910. The van der Waals surface area contributed by atoms with Crippen molar-refractivity contribution in [3.8, 4) is 5.75 Å². The Bertz CT molecular complexity index is 575. The largest absolute Gasteiger partial charge is 0.435 e. The van der Waals surface area contributed by atoms with Crippen LogP contribution in [0.3, 0.4) is 0 Å². The average molecular weight is 406 g/mol. The van der Waals surface area contributed by atoms with E-state index in [0.717, 1.165) is 10.0 Å². The van der Waals surface area contributed by atoms with Crippen LogP contribution in [0.2, 0.25) is 0 Å². The molecule has 0 saturated carbocycles. The van der Waals surface area contributed by atoms with E-state index in [0.29, 0.717) is 12.0 Å². The molecule has 106 valence electrons. The summed E-state index contributed by atoms with van der Waals surface area (Å²) < 4.78 is 30.3. The van der Waals surface area contributed by atoms with Gasteiger partial charge in [-0.2, -0.15) is 8.78 Å². The first-order chi connectivity index (χ1) is 9.56. The lowest BCUT2D eigenvalue weighted by Crippen LogP contribution is -2.06. The maximum Gasteiger partial charge on any atom is 0.387 e. The normalized spacial score (nSPS) is 12.4. The first kappa shape index (κ1) is 15.4. The molecular weight excluding hydrogens is 394 g/mol. The molecule has 2 aromatic carbocycles. The second-order valence-electron chi connectivity index (χ2n) is 4.22. The van der Waals surface area contributed by atoms with Crippen LogP contribution in [-0.2, 0) is 6.42 Å². The van der Waals surface area contributed by atoms with Gasteiger partial charge in [0.05, 0.1) is 0 Å². The van der Waals surface area contributed by atoms with Gasteiger partial charge in [-0.15, -0.1) is 0 Å². The number of para-hydroxylation sites is 1. The van der Waals surface area contributed by atoms with Crippen molar-refractivity contribution >= 4 is 31.9 Å². The lowest BCUT2D eigenvalue weighted by Gasteiger charge is -2.15. The number of rotatable bonds is 5. The first-order valence-electron chi connectivity index (χ1n) is 5.98. The highest BCUT2D eigenvalue weighted by Gasteiger charge is 2.16. The molecule has 0 radical (unpaired) electrons. The molecule has 0 amide bonds. The summed E-state index contributed by atoms with van der Waals surface area (Å²) in [6.45, 7) is -2.82. The highest BCUT2D eigenvalue weighted by atomic mass is 79.9. The zero-order chi connectivity index (χ0) is 14.5. The van der Waals surface area contributed by atoms with E-state index in [9.17, 15) is 8.78 Å². The molecule has 1 atom stereocenters. The van der Waals surface area contributed by atoms with Crippen molar-refractivity contribution in [2.24, 2.45) is 0 Å². The summed E-state index contributed by atoms with van der Waals surface area (Å²) in [5.74, 6) is 0.208. The van der Waals surface area contributed by atoms with Crippen molar-refractivity contribution in [1.82, 2.24) is 0 Å². The predicted octanol–water partition coefficient (Wildman–Crippen LogP) is 5.73. The van der Waals surface area contributed by atoms with Crippen LogP contribution in [-0.4, -0.2) is 6.61 Å². The second kappa shape index (κ2) is 7.18. The molecule has 0 saturated heterocycles. The van der Waals surface area contributed by atoms with Crippen LogP contribution in [0.4, 0.5) is 8.78 Å². The minimum Gasteiger partial charge on any atom is -0.435 e. The van der Waals surface area contributed by atoms with Gasteiger partial charge in [0, 0.05) is 14.9 Å². The molecule has 0 aliphatic rings. The molecule has 1 unspecified atom stereocenters. The summed E-state index contributed by atoms with van der Waals surface area (Å²) in [5.41, 5.74) is 1.82. The fourth-order valence-electron chi connectivity index (χ4n) is 1.92. The highest BCUT2D eigenvalue weighted by Crippen LogP contribution is 2.34. The maximum atomic E-state index is 12.4. The minimum atomic E-state index is -2.82. The fourth-order valence-corrected chi connectivity index (χ4v) is 3.12. The van der Waals surface area contributed by atoms with Gasteiger partial charge in [0.25, 0.3) is 0 Å². The van der Waals surface area contributed by atoms with Crippen LogP contribution < -0.4 is 4.74 Å². The van der Waals surface area contributed by atoms with Gasteiger partial charge in [-0.1, -0.05) is 62.2 Å². The SMILES string of the molecule is FC(F)Oc1ccccc1C(Br)Cc1cccc(Br)c1. The lowest BCUT2D eigenvalue weighted by atomic mass is 10.0. The Kier molecular flexibility index (Phi) is 5.54. The van der Waals surface area contributed by atoms with Crippen molar-refractivity contribution in [3.63, 3.8) is 0 Å². The molecule has 0 aliphatic carbocycles. The molecule has 0 aromatic heterocycles. The summed E-state index contributed by atoms with van der Waals surface area (Å²) in [5, 5.41) is 0. The molecule has 1 nitrogen and oxygen atoms in total. The van der Waals surface area contributed by atoms with Crippen molar-refractivity contribution in [2.75, 3.05) is 0 Å². The molecule has 2 aromatic rings. The summed E-state index contributed by atoms with van der Waals surface area (Å²) in [6, 6.07) is 14.7. The molecule has 2 rings (SSSR count). The average Bonchev–Trinajstić information content (AvgIpc) is 2.38. The highest BCUT2D eigenvalue weighted by molar-refractivity contribution is 9.10. The van der Waals surface area contributed by atoms with Gasteiger partial charge >= 0.3 is 6.61 Å². The van der Waals surface area contributed by atoms with Gasteiger partial charge in [0.2, 0.25) is 0 Å². The van der Waals surface area contributed by atoms with E-state index in [1.807, 2.05) is 30.3 Å². The van der Waals surface area contributed by atoms with Crippen LogP contribution >= 0.6 is 31.9 Å². The first-order valence-corrected chi connectivity index (χ1v) is 7.69. The third-order valence-corrected chi connectivity index (χ3v) is 4.09. The van der Waals surface area contributed by atoms with E-state index < -0.39 is 6.61 Å². The molecule has 0 heterocycles. The standard InChI is InChI=1S/C15H12Br2F2O/c16-11-5-3-4-10(8-11)9-13(17)12-6-1-2-7-14(12)20-15(18)19/h1-8,13,15H,9H2. The van der Waals surface area contributed by atoms with E-state index in [-0.39, 0.29) is 10.6 Å². The third-order valence-electron chi connectivity index (χ3n) is 2.78. The number of ether oxygens (including phenoxy) is 1. The van der Waals surface area contributed by atoms with Gasteiger partial charge in [-0.25, -0.2) is 0 Å². The molecular formula is C15H12Br2F2O. The quantitative estimate of drug-likeness (QED) is 0.577. The van der Waals surface area contributed by atoms with Crippen LogP contribution in [0.15, 0.2) is 53.0 Å². The van der Waals surface area contributed by atoms with E-state index in [4.69, 9.17) is 0 Å². The van der Waals surface area contributed by atoms with Crippen LogP contribution in [0, 0.1) is 0 Å². The van der Waals surface area contributed by atoms with Crippen LogP contribution in [0.25, 0.3) is 0 Å². The Morgan fingerprint density at radius 3 is 2.50 bits per heavy atom. The molecule has 0 N–H and O–H groups in total. The zero-order valence-electron chi connectivity index (χ0n) is 10.4. The Balaban J connectivity index is 2.18. The number of hydrogen-bond acceptors (Lipinski definition) is 1. The van der Waals surface area contributed by atoms with Gasteiger partial charge in [0.1, 0.15) is 5.75 Å². The fraction of sp³-hybridized carbons (Fsp3) is 0.200. The van der Waals surface area contributed by atoms with Gasteiger partial charge in [-0.05, 0) is 30.2 Å². The Morgan fingerprint density at radius 1 is 1.05 bits per heavy atom. The Hall–Kier alpha value is -0.940. The molecule has 0 bridgehead atoms. The molecule has 0 spiro atoms. The van der Waals surface area contributed by atoms with E-state index in [1.165, 1.54) is 0 Å². The number of benzene rings is 2. The van der Waals surface area contributed by atoms with Crippen LogP contribution in [0.5, 0.6) is 5.75 Å². The van der Waals surface area contributed by atoms with Crippen molar-refractivity contribution in [1.29, 1.82) is 0 Å². The molecule has 20 heavy (non-hydrogen) atoms. The van der Waals surface area contributed by atoms with E-state index in [2.05, 4.69) is 36.6 Å². The molecule has 0 fully saturated rings. The van der Waals surface area contributed by atoms with Gasteiger partial charge < -0.3 is 4.74 Å². The molecule has 0 aliphatic heterocycles. The van der Waals surface area contributed by atoms with Gasteiger partial charge in [-0.3, -0.25) is 0 Å².